The average Bonchev–Trinajstić information content (AvgIpc) is 2.50. The van der Waals surface area contributed by atoms with E-state index in [1.165, 1.54) is 7.05 Å². The Bertz CT molecular complexity index is 541. The van der Waals surface area contributed by atoms with Crippen molar-refractivity contribution in [3.05, 3.63) is 29.8 Å². The molecule has 1 heterocycles. The van der Waals surface area contributed by atoms with Gasteiger partial charge >= 0.3 is 0 Å². The Morgan fingerprint density at radius 1 is 1.33 bits per heavy atom. The monoisotopic (exact) mass is 312 g/mol. The largest absolute Gasteiger partial charge is 0.378 e. The van der Waals surface area contributed by atoms with Gasteiger partial charge in [0, 0.05) is 19.1 Å². The van der Waals surface area contributed by atoms with Gasteiger partial charge in [-0.15, -0.1) is 0 Å². The summed E-state index contributed by atoms with van der Waals surface area (Å²) in [7, 11) is -1.93. The standard InChI is InChI=1S/C15H24N2O3S/c1-3-4-14-12-20-10-9-17(14)11-13-5-7-15(8-6-13)21(18,19)16-2/h5-8,14,16H,3-4,9-12H2,1-2H3/t14-/m1/s1. The third kappa shape index (κ3) is 4.26. The van der Waals surface area contributed by atoms with Gasteiger partial charge in [0.15, 0.2) is 0 Å². The Labute approximate surface area is 127 Å². The lowest BCUT2D eigenvalue weighted by molar-refractivity contribution is -0.0147. The van der Waals surface area contributed by atoms with Crippen molar-refractivity contribution in [1.29, 1.82) is 0 Å². The van der Waals surface area contributed by atoms with Crippen LogP contribution in [-0.4, -0.2) is 46.2 Å². The number of benzene rings is 1. The fourth-order valence-corrected chi connectivity index (χ4v) is 3.35. The van der Waals surface area contributed by atoms with Crippen LogP contribution in [0.2, 0.25) is 0 Å². The molecule has 1 saturated heterocycles. The lowest BCUT2D eigenvalue weighted by Gasteiger charge is -2.35. The average molecular weight is 312 g/mol. The summed E-state index contributed by atoms with van der Waals surface area (Å²) in [6.07, 6.45) is 2.27. The van der Waals surface area contributed by atoms with Gasteiger partial charge in [0.25, 0.3) is 0 Å². The molecule has 0 aromatic heterocycles. The molecule has 0 aliphatic carbocycles. The molecule has 1 N–H and O–H groups in total. The summed E-state index contributed by atoms with van der Waals surface area (Å²) < 4.78 is 31.3. The molecule has 1 fully saturated rings. The SMILES string of the molecule is CCC[C@@H]1COCCN1Cc1ccc(S(=O)(=O)NC)cc1. The highest BCUT2D eigenvalue weighted by Crippen LogP contribution is 2.17. The van der Waals surface area contributed by atoms with E-state index in [0.29, 0.717) is 10.9 Å². The minimum atomic E-state index is -3.35. The first kappa shape index (κ1) is 16.4. The van der Waals surface area contributed by atoms with Crippen LogP contribution in [-0.2, 0) is 21.3 Å². The number of sulfonamides is 1. The molecule has 1 aromatic rings. The van der Waals surface area contributed by atoms with E-state index in [4.69, 9.17) is 4.74 Å². The second kappa shape index (κ2) is 7.35. The van der Waals surface area contributed by atoms with Crippen LogP contribution < -0.4 is 4.72 Å². The van der Waals surface area contributed by atoms with Crippen molar-refractivity contribution in [1.82, 2.24) is 9.62 Å². The van der Waals surface area contributed by atoms with Crippen molar-refractivity contribution in [2.75, 3.05) is 26.8 Å². The molecule has 118 valence electrons. The van der Waals surface area contributed by atoms with Crippen molar-refractivity contribution >= 4 is 10.0 Å². The lowest BCUT2D eigenvalue weighted by atomic mass is 10.1. The predicted molar refractivity (Wildman–Crippen MR) is 82.6 cm³/mol. The van der Waals surface area contributed by atoms with Crippen LogP contribution in [0.1, 0.15) is 25.3 Å². The van der Waals surface area contributed by atoms with Gasteiger partial charge in [-0.3, -0.25) is 4.90 Å². The number of morpholine rings is 1. The van der Waals surface area contributed by atoms with Crippen LogP contribution in [0.4, 0.5) is 0 Å². The smallest absolute Gasteiger partial charge is 0.240 e. The van der Waals surface area contributed by atoms with E-state index < -0.39 is 10.0 Å². The number of hydrogen-bond donors (Lipinski definition) is 1. The molecule has 2 rings (SSSR count). The van der Waals surface area contributed by atoms with Gasteiger partial charge in [-0.25, -0.2) is 13.1 Å². The van der Waals surface area contributed by atoms with Gasteiger partial charge in [-0.2, -0.15) is 0 Å². The summed E-state index contributed by atoms with van der Waals surface area (Å²) in [6.45, 7) is 5.52. The van der Waals surface area contributed by atoms with Crippen LogP contribution in [0.25, 0.3) is 0 Å². The molecule has 0 spiro atoms. The normalized spacial score (nSPS) is 20.6. The van der Waals surface area contributed by atoms with Gasteiger partial charge in [0.05, 0.1) is 18.1 Å². The second-order valence-electron chi connectivity index (χ2n) is 5.34. The fourth-order valence-electron chi connectivity index (χ4n) is 2.62. The van der Waals surface area contributed by atoms with Crippen molar-refractivity contribution in [2.45, 2.75) is 37.2 Å². The number of rotatable bonds is 6. The third-order valence-corrected chi connectivity index (χ3v) is 5.29. The van der Waals surface area contributed by atoms with Crippen LogP contribution in [0.15, 0.2) is 29.2 Å². The molecule has 0 bridgehead atoms. The quantitative estimate of drug-likeness (QED) is 0.867. The predicted octanol–water partition coefficient (Wildman–Crippen LogP) is 1.60. The van der Waals surface area contributed by atoms with E-state index in [9.17, 15) is 8.42 Å². The third-order valence-electron chi connectivity index (χ3n) is 3.86. The first-order chi connectivity index (χ1) is 10.1. The maximum Gasteiger partial charge on any atom is 0.240 e. The molecule has 6 heteroatoms. The molecular formula is C15H24N2O3S. The Kier molecular flexibility index (Phi) is 5.75. The lowest BCUT2D eigenvalue weighted by Crippen LogP contribution is -2.44. The van der Waals surface area contributed by atoms with Gasteiger partial charge in [-0.05, 0) is 31.2 Å². The zero-order valence-corrected chi connectivity index (χ0v) is 13.5. The molecule has 0 unspecified atom stereocenters. The van der Waals surface area contributed by atoms with Crippen LogP contribution >= 0.6 is 0 Å². The second-order valence-corrected chi connectivity index (χ2v) is 7.23. The number of nitrogens with one attached hydrogen (secondary N) is 1. The van der Waals surface area contributed by atoms with E-state index in [1.54, 1.807) is 12.1 Å². The van der Waals surface area contributed by atoms with Gasteiger partial charge in [0.2, 0.25) is 10.0 Å². The summed E-state index contributed by atoms with van der Waals surface area (Å²) >= 11 is 0. The van der Waals surface area contributed by atoms with Crippen molar-refractivity contribution in [3.63, 3.8) is 0 Å². The minimum Gasteiger partial charge on any atom is -0.378 e. The Balaban J connectivity index is 2.05. The van der Waals surface area contributed by atoms with Gasteiger partial charge < -0.3 is 4.74 Å². The van der Waals surface area contributed by atoms with Crippen molar-refractivity contribution in [2.24, 2.45) is 0 Å². The van der Waals surface area contributed by atoms with Gasteiger partial charge in [0.1, 0.15) is 0 Å². The molecular weight excluding hydrogens is 288 g/mol. The van der Waals surface area contributed by atoms with E-state index in [2.05, 4.69) is 16.5 Å². The number of nitrogens with zero attached hydrogens (tertiary/aromatic N) is 1. The van der Waals surface area contributed by atoms with Crippen LogP contribution in [0.3, 0.4) is 0 Å². The molecule has 1 aromatic carbocycles. The minimum absolute atomic E-state index is 0.306. The molecule has 1 aliphatic rings. The topological polar surface area (TPSA) is 58.6 Å². The molecule has 1 aliphatic heterocycles. The Morgan fingerprint density at radius 2 is 2.05 bits per heavy atom. The zero-order valence-electron chi connectivity index (χ0n) is 12.7. The van der Waals surface area contributed by atoms with Crippen molar-refractivity contribution in [3.8, 4) is 0 Å². The summed E-state index contributed by atoms with van der Waals surface area (Å²) in [5.74, 6) is 0. The summed E-state index contributed by atoms with van der Waals surface area (Å²) in [4.78, 5) is 2.73. The van der Waals surface area contributed by atoms with E-state index >= 15 is 0 Å². The summed E-state index contributed by atoms with van der Waals surface area (Å²) in [6, 6.07) is 7.57. The maximum atomic E-state index is 11.7. The highest BCUT2D eigenvalue weighted by molar-refractivity contribution is 7.89. The molecule has 0 amide bonds. The number of hydrogen-bond acceptors (Lipinski definition) is 4. The molecule has 5 nitrogen and oxygen atoms in total. The van der Waals surface area contributed by atoms with E-state index in [-0.39, 0.29) is 0 Å². The molecule has 21 heavy (non-hydrogen) atoms. The zero-order chi connectivity index (χ0) is 15.3. The summed E-state index contributed by atoms with van der Waals surface area (Å²) in [5, 5.41) is 0. The van der Waals surface area contributed by atoms with Crippen molar-refractivity contribution < 1.29 is 13.2 Å². The Hall–Kier alpha value is -0.950. The summed E-state index contributed by atoms with van der Waals surface area (Å²) in [5.41, 5.74) is 1.13. The first-order valence-electron chi connectivity index (χ1n) is 7.41. The van der Waals surface area contributed by atoms with Gasteiger partial charge in [-0.1, -0.05) is 25.5 Å². The molecule has 0 radical (unpaired) electrons. The highest BCUT2D eigenvalue weighted by atomic mass is 32.2. The van der Waals surface area contributed by atoms with Crippen LogP contribution in [0, 0.1) is 0 Å². The first-order valence-corrected chi connectivity index (χ1v) is 8.89. The molecule has 0 saturated carbocycles. The Morgan fingerprint density at radius 3 is 2.67 bits per heavy atom. The van der Waals surface area contributed by atoms with E-state index in [0.717, 1.165) is 44.7 Å². The van der Waals surface area contributed by atoms with Crippen LogP contribution in [0.5, 0.6) is 0 Å². The maximum absolute atomic E-state index is 11.7. The van der Waals surface area contributed by atoms with E-state index in [1.807, 2.05) is 12.1 Å². The highest BCUT2D eigenvalue weighted by Gasteiger charge is 2.22. The number of ether oxygens (including phenoxy) is 1. The fraction of sp³-hybridized carbons (Fsp3) is 0.600. The molecule has 1 atom stereocenters.